The molecule has 2 rings (SSSR count). The van der Waals surface area contributed by atoms with E-state index in [0.717, 1.165) is 77.7 Å². The third-order valence-corrected chi connectivity index (χ3v) is 4.09. The molecule has 0 spiro atoms. The predicted molar refractivity (Wildman–Crippen MR) is 95.2 cm³/mol. The van der Waals surface area contributed by atoms with Gasteiger partial charge in [0.1, 0.15) is 0 Å². The largest absolute Gasteiger partial charge is 0.381 e. The van der Waals surface area contributed by atoms with E-state index in [-0.39, 0.29) is 0 Å². The molecule has 1 aromatic heterocycles. The summed E-state index contributed by atoms with van der Waals surface area (Å²) in [5.74, 6) is 1.52. The first-order valence-electron chi connectivity index (χ1n) is 8.96. The van der Waals surface area contributed by atoms with Crippen molar-refractivity contribution in [3.8, 4) is 0 Å². The third kappa shape index (κ3) is 7.79. The van der Waals surface area contributed by atoms with Crippen molar-refractivity contribution in [1.29, 1.82) is 0 Å². The summed E-state index contributed by atoms with van der Waals surface area (Å²) >= 11 is 0. The molecule has 7 nitrogen and oxygen atoms in total. The van der Waals surface area contributed by atoms with Gasteiger partial charge in [-0.1, -0.05) is 0 Å². The second-order valence-electron chi connectivity index (χ2n) is 6.03. The summed E-state index contributed by atoms with van der Waals surface area (Å²) < 4.78 is 13.1. The number of hydrogen-bond donors (Lipinski definition) is 2. The van der Waals surface area contributed by atoms with Gasteiger partial charge in [0.2, 0.25) is 0 Å². The van der Waals surface area contributed by atoms with Gasteiger partial charge in [-0.15, -0.1) is 0 Å². The van der Waals surface area contributed by atoms with E-state index >= 15 is 0 Å². The number of ether oxygens (including phenoxy) is 2. The smallest absolute Gasteiger partial charge is 0.190 e. The summed E-state index contributed by atoms with van der Waals surface area (Å²) in [5.41, 5.74) is 0. The van der Waals surface area contributed by atoms with Gasteiger partial charge in [0.25, 0.3) is 0 Å². The van der Waals surface area contributed by atoms with Crippen molar-refractivity contribution in [3.63, 3.8) is 0 Å². The normalized spacial score (nSPS) is 16.3. The average molecular weight is 337 g/mol. The minimum atomic E-state index is 0.677. The molecule has 1 aromatic rings. The first-order chi connectivity index (χ1) is 11.9. The number of aromatic nitrogens is 2. The molecular weight excluding hydrogens is 306 g/mol. The molecule has 1 aliphatic heterocycles. The Morgan fingerprint density at radius 1 is 1.29 bits per heavy atom. The quantitative estimate of drug-likeness (QED) is 0.382. The molecule has 136 valence electrons. The van der Waals surface area contributed by atoms with Gasteiger partial charge in [-0.05, 0) is 37.7 Å². The van der Waals surface area contributed by atoms with Crippen LogP contribution in [0.1, 0.15) is 25.7 Å². The van der Waals surface area contributed by atoms with E-state index in [9.17, 15) is 0 Å². The predicted octanol–water partition coefficient (Wildman–Crippen LogP) is 1.27. The molecule has 0 amide bonds. The molecule has 24 heavy (non-hydrogen) atoms. The number of aryl methyl sites for hydroxylation is 1. The molecule has 0 aliphatic carbocycles. The number of nitrogens with zero attached hydrogens (tertiary/aromatic N) is 3. The van der Waals surface area contributed by atoms with E-state index in [4.69, 9.17) is 9.47 Å². The van der Waals surface area contributed by atoms with Crippen LogP contribution in [0.15, 0.2) is 23.5 Å². The zero-order valence-electron chi connectivity index (χ0n) is 14.7. The number of hydrogen-bond acceptors (Lipinski definition) is 4. The number of rotatable bonds is 10. The van der Waals surface area contributed by atoms with Gasteiger partial charge in [-0.2, -0.15) is 5.10 Å². The van der Waals surface area contributed by atoms with Gasteiger partial charge in [-0.25, -0.2) is 0 Å². The Morgan fingerprint density at radius 2 is 2.08 bits per heavy atom. The Hall–Kier alpha value is -1.60. The molecule has 0 radical (unpaired) electrons. The number of guanidine groups is 1. The molecule has 1 saturated heterocycles. The van der Waals surface area contributed by atoms with Crippen LogP contribution in [0.25, 0.3) is 0 Å². The van der Waals surface area contributed by atoms with Crippen molar-refractivity contribution in [2.75, 3.05) is 46.6 Å². The van der Waals surface area contributed by atoms with Crippen LogP contribution in [-0.2, 0) is 16.0 Å². The molecule has 0 saturated carbocycles. The minimum absolute atomic E-state index is 0.677. The summed E-state index contributed by atoms with van der Waals surface area (Å²) in [5, 5.41) is 10.8. The van der Waals surface area contributed by atoms with Gasteiger partial charge in [-0.3, -0.25) is 9.67 Å². The van der Waals surface area contributed by atoms with E-state index in [1.165, 1.54) is 0 Å². The van der Waals surface area contributed by atoms with Gasteiger partial charge in [0, 0.05) is 65.5 Å². The van der Waals surface area contributed by atoms with Gasteiger partial charge in [0.15, 0.2) is 5.96 Å². The van der Waals surface area contributed by atoms with Crippen LogP contribution in [0.4, 0.5) is 0 Å². The van der Waals surface area contributed by atoms with E-state index in [2.05, 4.69) is 20.7 Å². The SMILES string of the molecule is CN=C(NCCCOCC1CCOCC1)NCCCn1cccn1. The van der Waals surface area contributed by atoms with Gasteiger partial charge >= 0.3 is 0 Å². The highest BCUT2D eigenvalue weighted by atomic mass is 16.5. The summed E-state index contributed by atoms with van der Waals surface area (Å²) in [6.45, 7) is 6.09. The van der Waals surface area contributed by atoms with E-state index in [1.807, 2.05) is 16.9 Å². The Labute approximate surface area is 144 Å². The van der Waals surface area contributed by atoms with E-state index < -0.39 is 0 Å². The van der Waals surface area contributed by atoms with E-state index in [1.54, 1.807) is 13.2 Å². The lowest BCUT2D eigenvalue weighted by atomic mass is 10.0. The Bertz CT molecular complexity index is 444. The lowest BCUT2D eigenvalue weighted by Crippen LogP contribution is -2.38. The van der Waals surface area contributed by atoms with Gasteiger partial charge in [0.05, 0.1) is 0 Å². The first kappa shape index (κ1) is 18.7. The van der Waals surface area contributed by atoms with Crippen molar-refractivity contribution in [1.82, 2.24) is 20.4 Å². The van der Waals surface area contributed by atoms with Crippen molar-refractivity contribution in [3.05, 3.63) is 18.5 Å². The van der Waals surface area contributed by atoms with Crippen LogP contribution in [0.3, 0.4) is 0 Å². The minimum Gasteiger partial charge on any atom is -0.381 e. The molecule has 0 atom stereocenters. The van der Waals surface area contributed by atoms with Crippen LogP contribution >= 0.6 is 0 Å². The summed E-state index contributed by atoms with van der Waals surface area (Å²) in [4.78, 5) is 4.23. The molecule has 2 N–H and O–H groups in total. The Balaban J connectivity index is 1.43. The zero-order chi connectivity index (χ0) is 16.9. The fraction of sp³-hybridized carbons (Fsp3) is 0.765. The molecular formula is C17H31N5O2. The molecule has 1 fully saturated rings. The van der Waals surface area contributed by atoms with Crippen molar-refractivity contribution in [2.45, 2.75) is 32.2 Å². The molecule has 2 heterocycles. The Morgan fingerprint density at radius 3 is 2.79 bits per heavy atom. The third-order valence-electron chi connectivity index (χ3n) is 4.09. The Kier molecular flexibility index (Phi) is 9.26. The molecule has 0 unspecified atom stereocenters. The van der Waals surface area contributed by atoms with Crippen LogP contribution in [0.5, 0.6) is 0 Å². The van der Waals surface area contributed by atoms with Crippen molar-refractivity contribution < 1.29 is 9.47 Å². The fourth-order valence-electron chi connectivity index (χ4n) is 2.65. The zero-order valence-corrected chi connectivity index (χ0v) is 14.7. The number of aliphatic imine (C=N–C) groups is 1. The van der Waals surface area contributed by atoms with Crippen LogP contribution < -0.4 is 10.6 Å². The van der Waals surface area contributed by atoms with E-state index in [0.29, 0.717) is 5.92 Å². The maximum atomic E-state index is 5.76. The summed E-state index contributed by atoms with van der Waals surface area (Å²) in [6, 6.07) is 1.94. The molecule has 0 bridgehead atoms. The van der Waals surface area contributed by atoms with Crippen molar-refractivity contribution in [2.24, 2.45) is 10.9 Å². The van der Waals surface area contributed by atoms with Crippen LogP contribution in [0, 0.1) is 5.92 Å². The fourth-order valence-corrected chi connectivity index (χ4v) is 2.65. The second-order valence-corrected chi connectivity index (χ2v) is 6.03. The average Bonchev–Trinajstić information content (AvgIpc) is 3.14. The molecule has 0 aromatic carbocycles. The lowest BCUT2D eigenvalue weighted by Gasteiger charge is -2.21. The van der Waals surface area contributed by atoms with Gasteiger partial charge < -0.3 is 20.1 Å². The lowest BCUT2D eigenvalue weighted by molar-refractivity contribution is 0.0203. The second kappa shape index (κ2) is 11.9. The van der Waals surface area contributed by atoms with Crippen molar-refractivity contribution >= 4 is 5.96 Å². The monoisotopic (exact) mass is 337 g/mol. The molecule has 7 heteroatoms. The van der Waals surface area contributed by atoms with Crippen LogP contribution in [0.2, 0.25) is 0 Å². The summed E-state index contributed by atoms with van der Waals surface area (Å²) in [6.07, 6.45) is 8.04. The highest BCUT2D eigenvalue weighted by Gasteiger charge is 2.13. The van der Waals surface area contributed by atoms with Crippen LogP contribution in [-0.4, -0.2) is 62.3 Å². The standard InChI is InChI=1S/C17H31N5O2/c1-18-17(19-7-2-10-22-11-3-9-21-22)20-8-4-12-24-15-16-5-13-23-14-6-16/h3,9,11,16H,2,4-8,10,12-15H2,1H3,(H2,18,19,20). The highest BCUT2D eigenvalue weighted by Crippen LogP contribution is 2.14. The maximum absolute atomic E-state index is 5.76. The summed E-state index contributed by atoms with van der Waals surface area (Å²) in [7, 11) is 1.80. The molecule has 1 aliphatic rings. The number of nitrogens with one attached hydrogen (secondary N) is 2. The topological polar surface area (TPSA) is 72.7 Å². The first-order valence-corrected chi connectivity index (χ1v) is 8.96. The highest BCUT2D eigenvalue weighted by molar-refractivity contribution is 5.79. The maximum Gasteiger partial charge on any atom is 0.190 e.